The summed E-state index contributed by atoms with van der Waals surface area (Å²) >= 11 is 1.70. The van der Waals surface area contributed by atoms with Gasteiger partial charge in [-0.3, -0.25) is 4.79 Å². The predicted octanol–water partition coefficient (Wildman–Crippen LogP) is 2.49. The molecular formula is C12H16O3S. The summed E-state index contributed by atoms with van der Waals surface area (Å²) in [4.78, 5) is 10.9. The van der Waals surface area contributed by atoms with Crippen LogP contribution in [0.3, 0.4) is 0 Å². The molecule has 4 heteroatoms. The van der Waals surface area contributed by atoms with Crippen LogP contribution in [0.15, 0.2) is 24.3 Å². The van der Waals surface area contributed by atoms with Crippen LogP contribution >= 0.6 is 11.8 Å². The van der Waals surface area contributed by atoms with E-state index in [0.29, 0.717) is 6.42 Å². The van der Waals surface area contributed by atoms with Crippen LogP contribution in [0.2, 0.25) is 0 Å². The lowest BCUT2D eigenvalue weighted by molar-refractivity contribution is -0.140. The Kier molecular flexibility index (Phi) is 5.78. The van der Waals surface area contributed by atoms with Crippen molar-refractivity contribution >= 4 is 17.7 Å². The molecular weight excluding hydrogens is 224 g/mol. The average molecular weight is 240 g/mol. The van der Waals surface area contributed by atoms with E-state index in [-0.39, 0.29) is 5.97 Å². The highest BCUT2D eigenvalue weighted by Crippen LogP contribution is 2.22. The van der Waals surface area contributed by atoms with Crippen molar-refractivity contribution in [3.63, 3.8) is 0 Å². The van der Waals surface area contributed by atoms with E-state index in [9.17, 15) is 4.79 Å². The molecule has 0 aromatic heterocycles. The minimum Gasteiger partial charge on any atom is -0.496 e. The van der Waals surface area contributed by atoms with E-state index in [1.807, 2.05) is 24.3 Å². The maximum absolute atomic E-state index is 10.9. The quantitative estimate of drug-likeness (QED) is 0.565. The fourth-order valence-electron chi connectivity index (χ4n) is 1.26. The summed E-state index contributed by atoms with van der Waals surface area (Å²) in [7, 11) is 3.07. The van der Waals surface area contributed by atoms with Crippen LogP contribution in [0, 0.1) is 0 Å². The summed E-state index contributed by atoms with van der Waals surface area (Å²) in [6, 6.07) is 7.90. The number of ether oxygens (including phenoxy) is 2. The second kappa shape index (κ2) is 7.17. The molecule has 0 N–H and O–H groups in total. The molecule has 0 bridgehead atoms. The Balaban J connectivity index is 2.34. The first-order valence-corrected chi connectivity index (χ1v) is 6.20. The molecule has 0 aliphatic rings. The van der Waals surface area contributed by atoms with Crippen LogP contribution in [-0.4, -0.2) is 25.9 Å². The predicted molar refractivity (Wildman–Crippen MR) is 65.8 cm³/mol. The number of para-hydroxylation sites is 1. The molecule has 0 spiro atoms. The number of carbonyl (C=O) groups excluding carboxylic acids is 1. The van der Waals surface area contributed by atoms with Gasteiger partial charge in [-0.1, -0.05) is 18.2 Å². The third-order valence-electron chi connectivity index (χ3n) is 2.13. The summed E-state index contributed by atoms with van der Waals surface area (Å²) < 4.78 is 9.81. The molecule has 0 heterocycles. The van der Waals surface area contributed by atoms with Crippen LogP contribution in [0.5, 0.6) is 5.75 Å². The fraction of sp³-hybridized carbons (Fsp3) is 0.417. The smallest absolute Gasteiger partial charge is 0.306 e. The maximum atomic E-state index is 10.9. The number of carbonyl (C=O) groups is 1. The molecule has 88 valence electrons. The van der Waals surface area contributed by atoms with Gasteiger partial charge in [0, 0.05) is 17.1 Å². The van der Waals surface area contributed by atoms with E-state index < -0.39 is 0 Å². The third-order valence-corrected chi connectivity index (χ3v) is 3.14. The van der Waals surface area contributed by atoms with E-state index >= 15 is 0 Å². The second-order valence-corrected chi connectivity index (χ2v) is 4.30. The Morgan fingerprint density at radius 1 is 1.31 bits per heavy atom. The molecule has 0 unspecified atom stereocenters. The summed E-state index contributed by atoms with van der Waals surface area (Å²) in [6.45, 7) is 0. The summed E-state index contributed by atoms with van der Waals surface area (Å²) in [5.74, 6) is 2.35. The van der Waals surface area contributed by atoms with Gasteiger partial charge in [0.25, 0.3) is 0 Å². The first kappa shape index (κ1) is 12.9. The van der Waals surface area contributed by atoms with Crippen LogP contribution < -0.4 is 4.74 Å². The van der Waals surface area contributed by atoms with Gasteiger partial charge < -0.3 is 9.47 Å². The highest BCUT2D eigenvalue weighted by Gasteiger charge is 2.03. The van der Waals surface area contributed by atoms with Crippen molar-refractivity contribution in [2.75, 3.05) is 20.0 Å². The molecule has 0 radical (unpaired) electrons. The number of rotatable bonds is 6. The van der Waals surface area contributed by atoms with Crippen molar-refractivity contribution in [3.05, 3.63) is 29.8 Å². The molecule has 0 amide bonds. The van der Waals surface area contributed by atoms with Crippen LogP contribution in [0.25, 0.3) is 0 Å². The Bertz CT molecular complexity index is 339. The molecule has 0 aliphatic heterocycles. The van der Waals surface area contributed by atoms with Gasteiger partial charge in [0.15, 0.2) is 0 Å². The van der Waals surface area contributed by atoms with Crippen LogP contribution in [-0.2, 0) is 15.3 Å². The van der Waals surface area contributed by atoms with Gasteiger partial charge in [0.2, 0.25) is 0 Å². The first-order valence-electron chi connectivity index (χ1n) is 5.04. The molecule has 0 saturated heterocycles. The zero-order valence-electron chi connectivity index (χ0n) is 9.56. The first-order chi connectivity index (χ1) is 7.77. The molecule has 1 rings (SSSR count). The van der Waals surface area contributed by atoms with Gasteiger partial charge in [-0.05, 0) is 6.07 Å². The number of hydrogen-bond acceptors (Lipinski definition) is 4. The average Bonchev–Trinajstić information content (AvgIpc) is 2.34. The van der Waals surface area contributed by atoms with E-state index in [2.05, 4.69) is 4.74 Å². The van der Waals surface area contributed by atoms with Crippen molar-refractivity contribution in [1.82, 2.24) is 0 Å². The number of methoxy groups -OCH3 is 2. The minimum atomic E-state index is -0.160. The number of hydrogen-bond donors (Lipinski definition) is 0. The zero-order chi connectivity index (χ0) is 11.8. The standard InChI is InChI=1S/C12H16O3S/c1-14-11-6-4-3-5-10(11)9-16-8-7-12(13)15-2/h3-6H,7-9H2,1-2H3. The van der Waals surface area contributed by atoms with Crippen molar-refractivity contribution in [2.45, 2.75) is 12.2 Å². The Labute approximate surface area is 100 Å². The van der Waals surface area contributed by atoms with Crippen LogP contribution in [0.1, 0.15) is 12.0 Å². The topological polar surface area (TPSA) is 35.5 Å². The van der Waals surface area contributed by atoms with Gasteiger partial charge in [-0.15, -0.1) is 0 Å². The molecule has 1 aromatic carbocycles. The SMILES string of the molecule is COC(=O)CCSCc1ccccc1OC. The lowest BCUT2D eigenvalue weighted by Crippen LogP contribution is -2.01. The summed E-state index contributed by atoms with van der Waals surface area (Å²) in [6.07, 6.45) is 0.455. The molecule has 0 atom stereocenters. The fourth-order valence-corrected chi connectivity index (χ4v) is 2.18. The Hall–Kier alpha value is -1.16. The Morgan fingerprint density at radius 2 is 2.06 bits per heavy atom. The monoisotopic (exact) mass is 240 g/mol. The van der Waals surface area contributed by atoms with Gasteiger partial charge in [-0.25, -0.2) is 0 Å². The van der Waals surface area contributed by atoms with Gasteiger partial charge in [0.1, 0.15) is 5.75 Å². The van der Waals surface area contributed by atoms with Gasteiger partial charge in [-0.2, -0.15) is 11.8 Å². The number of thioether (sulfide) groups is 1. The molecule has 0 fully saturated rings. The lowest BCUT2D eigenvalue weighted by atomic mass is 10.2. The highest BCUT2D eigenvalue weighted by atomic mass is 32.2. The van der Waals surface area contributed by atoms with Crippen molar-refractivity contribution in [2.24, 2.45) is 0 Å². The van der Waals surface area contributed by atoms with E-state index in [0.717, 1.165) is 22.8 Å². The van der Waals surface area contributed by atoms with Gasteiger partial charge in [0.05, 0.1) is 20.6 Å². The van der Waals surface area contributed by atoms with Crippen molar-refractivity contribution < 1.29 is 14.3 Å². The molecule has 0 aliphatic carbocycles. The van der Waals surface area contributed by atoms with Crippen molar-refractivity contribution in [3.8, 4) is 5.75 Å². The van der Waals surface area contributed by atoms with Crippen LogP contribution in [0.4, 0.5) is 0 Å². The molecule has 3 nitrogen and oxygen atoms in total. The number of benzene rings is 1. The highest BCUT2D eigenvalue weighted by molar-refractivity contribution is 7.98. The minimum absolute atomic E-state index is 0.160. The van der Waals surface area contributed by atoms with E-state index in [1.165, 1.54) is 7.11 Å². The number of esters is 1. The van der Waals surface area contributed by atoms with Gasteiger partial charge >= 0.3 is 5.97 Å². The summed E-state index contributed by atoms with van der Waals surface area (Å²) in [5.41, 5.74) is 1.15. The molecule has 1 aromatic rings. The van der Waals surface area contributed by atoms with E-state index in [1.54, 1.807) is 18.9 Å². The third kappa shape index (κ3) is 4.14. The van der Waals surface area contributed by atoms with E-state index in [4.69, 9.17) is 4.74 Å². The Morgan fingerprint density at radius 3 is 2.75 bits per heavy atom. The second-order valence-electron chi connectivity index (χ2n) is 3.19. The maximum Gasteiger partial charge on any atom is 0.306 e. The lowest BCUT2D eigenvalue weighted by Gasteiger charge is -2.07. The largest absolute Gasteiger partial charge is 0.496 e. The zero-order valence-corrected chi connectivity index (χ0v) is 10.4. The van der Waals surface area contributed by atoms with Crippen molar-refractivity contribution in [1.29, 1.82) is 0 Å². The summed E-state index contributed by atoms with van der Waals surface area (Å²) in [5, 5.41) is 0. The molecule has 0 saturated carbocycles. The normalized spacial score (nSPS) is 9.88. The molecule has 16 heavy (non-hydrogen) atoms.